The SMILES string of the molecule is COCCCN(C)c1nc(N)ncc1Br. The highest BCUT2D eigenvalue weighted by Gasteiger charge is 2.08. The van der Waals surface area contributed by atoms with E-state index in [0.717, 1.165) is 29.9 Å². The van der Waals surface area contributed by atoms with E-state index < -0.39 is 0 Å². The maximum absolute atomic E-state index is 5.53. The lowest BCUT2D eigenvalue weighted by molar-refractivity contribution is 0.196. The van der Waals surface area contributed by atoms with E-state index in [2.05, 4.69) is 25.9 Å². The Morgan fingerprint density at radius 3 is 3.00 bits per heavy atom. The standard InChI is InChI=1S/C9H15BrN4O/c1-14(4-3-5-15-2)8-7(10)6-12-9(11)13-8/h6H,3-5H2,1-2H3,(H2,11,12,13). The fourth-order valence-corrected chi connectivity index (χ4v) is 1.68. The number of rotatable bonds is 5. The van der Waals surface area contributed by atoms with Crippen molar-refractivity contribution in [2.75, 3.05) is 37.9 Å². The van der Waals surface area contributed by atoms with Gasteiger partial charge in [0.25, 0.3) is 0 Å². The molecule has 0 atom stereocenters. The molecule has 2 N–H and O–H groups in total. The van der Waals surface area contributed by atoms with Gasteiger partial charge in [0.05, 0.1) is 4.47 Å². The Kier molecular flexibility index (Phi) is 4.77. The number of nitrogens with zero attached hydrogens (tertiary/aromatic N) is 3. The third-order valence-corrected chi connectivity index (χ3v) is 2.51. The van der Waals surface area contributed by atoms with E-state index in [-0.39, 0.29) is 5.95 Å². The maximum atomic E-state index is 5.53. The Morgan fingerprint density at radius 1 is 1.60 bits per heavy atom. The Morgan fingerprint density at radius 2 is 2.33 bits per heavy atom. The van der Waals surface area contributed by atoms with E-state index in [1.54, 1.807) is 13.3 Å². The second-order valence-electron chi connectivity index (χ2n) is 3.17. The van der Waals surface area contributed by atoms with Crippen molar-refractivity contribution >= 4 is 27.7 Å². The number of hydrogen-bond acceptors (Lipinski definition) is 5. The first-order valence-electron chi connectivity index (χ1n) is 4.63. The monoisotopic (exact) mass is 274 g/mol. The van der Waals surface area contributed by atoms with Crippen LogP contribution in [-0.2, 0) is 4.74 Å². The Hall–Kier alpha value is -0.880. The molecule has 0 amide bonds. The van der Waals surface area contributed by atoms with E-state index >= 15 is 0 Å². The second-order valence-corrected chi connectivity index (χ2v) is 4.02. The lowest BCUT2D eigenvalue weighted by atomic mass is 10.4. The van der Waals surface area contributed by atoms with Crippen LogP contribution in [0.1, 0.15) is 6.42 Å². The number of hydrogen-bond donors (Lipinski definition) is 1. The highest BCUT2D eigenvalue weighted by atomic mass is 79.9. The van der Waals surface area contributed by atoms with Gasteiger partial charge in [-0.2, -0.15) is 4.98 Å². The predicted octanol–water partition coefficient (Wildman–Crippen LogP) is 1.29. The summed E-state index contributed by atoms with van der Waals surface area (Å²) in [7, 11) is 3.65. The smallest absolute Gasteiger partial charge is 0.222 e. The summed E-state index contributed by atoms with van der Waals surface area (Å²) < 4.78 is 5.83. The molecule has 1 rings (SSSR count). The van der Waals surface area contributed by atoms with Crippen molar-refractivity contribution in [2.45, 2.75) is 6.42 Å². The van der Waals surface area contributed by atoms with Crippen molar-refractivity contribution < 1.29 is 4.74 Å². The normalized spacial score (nSPS) is 10.3. The molecule has 0 fully saturated rings. The molecular formula is C9H15BrN4O. The molecule has 0 aliphatic rings. The first-order chi connectivity index (χ1) is 7.15. The van der Waals surface area contributed by atoms with Gasteiger partial charge in [-0.3, -0.25) is 0 Å². The summed E-state index contributed by atoms with van der Waals surface area (Å²) >= 11 is 3.39. The summed E-state index contributed by atoms with van der Waals surface area (Å²) in [5, 5.41) is 0. The molecule has 0 spiro atoms. The fraction of sp³-hybridized carbons (Fsp3) is 0.556. The summed E-state index contributed by atoms with van der Waals surface area (Å²) in [5.41, 5.74) is 5.53. The summed E-state index contributed by atoms with van der Waals surface area (Å²) in [6.07, 6.45) is 2.60. The average molecular weight is 275 g/mol. The Balaban J connectivity index is 2.64. The van der Waals surface area contributed by atoms with Crippen molar-refractivity contribution in [3.63, 3.8) is 0 Å². The second kappa shape index (κ2) is 5.87. The van der Waals surface area contributed by atoms with Crippen molar-refractivity contribution in [3.8, 4) is 0 Å². The van der Waals surface area contributed by atoms with E-state index in [1.807, 2.05) is 11.9 Å². The van der Waals surface area contributed by atoms with E-state index in [0.29, 0.717) is 0 Å². The summed E-state index contributed by atoms with van der Waals surface area (Å²) in [5.74, 6) is 1.09. The Labute approximate surface area is 97.8 Å². The van der Waals surface area contributed by atoms with Gasteiger partial charge in [0, 0.05) is 33.5 Å². The van der Waals surface area contributed by atoms with Crippen LogP contribution in [0.2, 0.25) is 0 Å². The average Bonchev–Trinajstić information content (AvgIpc) is 2.22. The first-order valence-corrected chi connectivity index (χ1v) is 5.42. The molecule has 0 saturated carbocycles. The van der Waals surface area contributed by atoms with Crippen LogP contribution < -0.4 is 10.6 Å². The molecule has 15 heavy (non-hydrogen) atoms. The molecule has 0 saturated heterocycles. The summed E-state index contributed by atoms with van der Waals surface area (Å²) in [6, 6.07) is 0. The van der Waals surface area contributed by atoms with Gasteiger partial charge in [-0.25, -0.2) is 4.98 Å². The topological polar surface area (TPSA) is 64.3 Å². The van der Waals surface area contributed by atoms with Crippen LogP contribution in [0.3, 0.4) is 0 Å². The number of methoxy groups -OCH3 is 1. The highest BCUT2D eigenvalue weighted by molar-refractivity contribution is 9.10. The van der Waals surface area contributed by atoms with Crippen LogP contribution in [0.15, 0.2) is 10.7 Å². The van der Waals surface area contributed by atoms with Gasteiger partial charge < -0.3 is 15.4 Å². The largest absolute Gasteiger partial charge is 0.385 e. The maximum Gasteiger partial charge on any atom is 0.222 e. The molecule has 1 aromatic heterocycles. The first kappa shape index (κ1) is 12.2. The molecule has 1 heterocycles. The molecule has 0 radical (unpaired) electrons. The van der Waals surface area contributed by atoms with Crippen molar-refractivity contribution in [1.29, 1.82) is 0 Å². The van der Waals surface area contributed by atoms with Gasteiger partial charge in [-0.1, -0.05) is 0 Å². The number of halogens is 1. The third kappa shape index (κ3) is 3.64. The zero-order valence-electron chi connectivity index (χ0n) is 8.90. The van der Waals surface area contributed by atoms with E-state index in [9.17, 15) is 0 Å². The van der Waals surface area contributed by atoms with Crippen LogP contribution in [0.5, 0.6) is 0 Å². The van der Waals surface area contributed by atoms with Crippen molar-refractivity contribution in [3.05, 3.63) is 10.7 Å². The van der Waals surface area contributed by atoms with E-state index in [4.69, 9.17) is 10.5 Å². The van der Waals surface area contributed by atoms with Gasteiger partial charge in [-0.15, -0.1) is 0 Å². The van der Waals surface area contributed by atoms with Gasteiger partial charge >= 0.3 is 0 Å². The van der Waals surface area contributed by atoms with Gasteiger partial charge in [0.15, 0.2) is 0 Å². The molecule has 0 aromatic carbocycles. The predicted molar refractivity (Wildman–Crippen MR) is 63.9 cm³/mol. The third-order valence-electron chi connectivity index (χ3n) is 1.95. The van der Waals surface area contributed by atoms with Crippen LogP contribution >= 0.6 is 15.9 Å². The Bertz CT molecular complexity index is 321. The van der Waals surface area contributed by atoms with Crippen LogP contribution in [0, 0.1) is 0 Å². The minimum atomic E-state index is 0.284. The number of nitrogen functional groups attached to an aromatic ring is 1. The highest BCUT2D eigenvalue weighted by Crippen LogP contribution is 2.22. The zero-order chi connectivity index (χ0) is 11.3. The molecule has 1 aromatic rings. The summed E-state index contributed by atoms with van der Waals surface area (Å²) in [6.45, 7) is 1.60. The van der Waals surface area contributed by atoms with E-state index in [1.165, 1.54) is 0 Å². The minimum absolute atomic E-state index is 0.284. The quantitative estimate of drug-likeness (QED) is 0.820. The molecule has 84 valence electrons. The number of aromatic nitrogens is 2. The summed E-state index contributed by atoms with van der Waals surface area (Å²) in [4.78, 5) is 10.1. The van der Waals surface area contributed by atoms with Crippen LogP contribution in [0.4, 0.5) is 11.8 Å². The molecule has 0 bridgehead atoms. The molecule has 6 heteroatoms. The van der Waals surface area contributed by atoms with Crippen LogP contribution in [-0.4, -0.2) is 37.3 Å². The zero-order valence-corrected chi connectivity index (χ0v) is 10.5. The van der Waals surface area contributed by atoms with Gasteiger partial charge in [-0.05, 0) is 22.4 Å². The molecule has 5 nitrogen and oxygen atoms in total. The number of anilines is 2. The van der Waals surface area contributed by atoms with Gasteiger partial charge in [0.2, 0.25) is 5.95 Å². The molecule has 0 aliphatic carbocycles. The molecule has 0 unspecified atom stereocenters. The van der Waals surface area contributed by atoms with Crippen molar-refractivity contribution in [1.82, 2.24) is 9.97 Å². The molecular weight excluding hydrogens is 260 g/mol. The fourth-order valence-electron chi connectivity index (χ4n) is 1.19. The minimum Gasteiger partial charge on any atom is -0.385 e. The lowest BCUT2D eigenvalue weighted by Crippen LogP contribution is -2.21. The van der Waals surface area contributed by atoms with Crippen LogP contribution in [0.25, 0.3) is 0 Å². The van der Waals surface area contributed by atoms with Crippen molar-refractivity contribution in [2.24, 2.45) is 0 Å². The number of nitrogens with two attached hydrogens (primary N) is 1. The number of ether oxygens (including phenoxy) is 1. The molecule has 0 aliphatic heterocycles. The lowest BCUT2D eigenvalue weighted by Gasteiger charge is -2.19. The van der Waals surface area contributed by atoms with Gasteiger partial charge in [0.1, 0.15) is 5.82 Å².